The average molecular weight is 417 g/mol. The Morgan fingerprint density at radius 2 is 1.80 bits per heavy atom. The van der Waals surface area contributed by atoms with Crippen molar-refractivity contribution in [3.05, 3.63) is 47.7 Å². The van der Waals surface area contributed by atoms with Gasteiger partial charge in [-0.05, 0) is 82.4 Å². The molecule has 0 aliphatic heterocycles. The molecule has 1 unspecified atom stereocenters. The smallest absolute Gasteiger partial charge is 0.234 e. The van der Waals surface area contributed by atoms with Crippen LogP contribution in [0.1, 0.15) is 76.3 Å². The number of carbonyl (C=O) groups is 1. The fourth-order valence-corrected chi connectivity index (χ4v) is 3.46. The highest BCUT2D eigenvalue weighted by Gasteiger charge is 2.07. The van der Waals surface area contributed by atoms with Gasteiger partial charge in [0, 0.05) is 18.3 Å². The van der Waals surface area contributed by atoms with Crippen LogP contribution in [-0.2, 0) is 17.6 Å². The van der Waals surface area contributed by atoms with E-state index in [-0.39, 0.29) is 0 Å². The lowest BCUT2D eigenvalue weighted by Gasteiger charge is -2.14. The summed E-state index contributed by atoms with van der Waals surface area (Å²) >= 11 is 0. The lowest BCUT2D eigenvalue weighted by Crippen LogP contribution is -2.36. The zero-order valence-corrected chi connectivity index (χ0v) is 19.2. The van der Waals surface area contributed by atoms with Gasteiger partial charge in [0.05, 0.1) is 6.04 Å². The fraction of sp³-hybridized carbons (Fsp3) is 0.640. The normalized spacial score (nSPS) is 13.0. The van der Waals surface area contributed by atoms with Crippen LogP contribution in [0.4, 0.5) is 0 Å². The first kappa shape index (κ1) is 26.2. The van der Waals surface area contributed by atoms with Gasteiger partial charge in [-0.15, -0.1) is 0 Å². The summed E-state index contributed by atoms with van der Waals surface area (Å²) in [7, 11) is 0. The van der Waals surface area contributed by atoms with E-state index in [0.29, 0.717) is 12.5 Å². The molecule has 1 rings (SSSR count). The molecule has 0 saturated carbocycles. The quantitative estimate of drug-likeness (QED) is 0.274. The van der Waals surface area contributed by atoms with Crippen molar-refractivity contribution in [1.29, 1.82) is 0 Å². The van der Waals surface area contributed by atoms with E-state index in [1.807, 2.05) is 0 Å². The van der Waals surface area contributed by atoms with Crippen LogP contribution in [0.3, 0.4) is 0 Å². The Labute approximate surface area is 184 Å². The van der Waals surface area contributed by atoms with E-state index in [9.17, 15) is 4.79 Å². The van der Waals surface area contributed by atoms with Gasteiger partial charge in [-0.1, -0.05) is 44.2 Å². The monoisotopic (exact) mass is 416 g/mol. The van der Waals surface area contributed by atoms with Crippen molar-refractivity contribution >= 4 is 5.91 Å². The molecule has 0 aromatic heterocycles. The van der Waals surface area contributed by atoms with Crippen LogP contribution in [0.25, 0.3) is 0 Å². The fourth-order valence-electron chi connectivity index (χ4n) is 3.46. The summed E-state index contributed by atoms with van der Waals surface area (Å²) < 4.78 is 0. The molecule has 0 spiro atoms. The van der Waals surface area contributed by atoms with Crippen LogP contribution in [-0.4, -0.2) is 31.1 Å². The number of aryl methyl sites for hydroxylation is 2. The third-order valence-corrected chi connectivity index (χ3v) is 5.60. The Morgan fingerprint density at radius 1 is 1.07 bits per heavy atom. The minimum atomic E-state index is -0.517. The highest BCUT2D eigenvalue weighted by atomic mass is 16.1. The SMILES string of the molecule is C=C(CCCCCNC(C)CCc1cccc(CC)c1)NCCCC[C@H](N)C(N)=O. The number of allylic oxidation sites excluding steroid dienone is 1. The van der Waals surface area contributed by atoms with Gasteiger partial charge >= 0.3 is 0 Å². The minimum absolute atomic E-state index is 0.419. The predicted molar refractivity (Wildman–Crippen MR) is 128 cm³/mol. The molecule has 2 atom stereocenters. The summed E-state index contributed by atoms with van der Waals surface area (Å²) in [6.45, 7) is 10.6. The molecule has 0 saturated heterocycles. The first-order valence-electron chi connectivity index (χ1n) is 11.7. The molecule has 0 heterocycles. The molecule has 5 nitrogen and oxygen atoms in total. The first-order valence-corrected chi connectivity index (χ1v) is 11.7. The van der Waals surface area contributed by atoms with E-state index < -0.39 is 11.9 Å². The van der Waals surface area contributed by atoms with Gasteiger partial charge in [0.15, 0.2) is 0 Å². The lowest BCUT2D eigenvalue weighted by molar-refractivity contribution is -0.119. The van der Waals surface area contributed by atoms with Crippen LogP contribution < -0.4 is 22.1 Å². The summed E-state index contributed by atoms with van der Waals surface area (Å²) in [5.41, 5.74) is 14.8. The standard InChI is InChI=1S/C25H44N4O/c1-4-22-12-10-13-23(19-22)16-15-21(3)29-17-8-5-6-11-20(2)28-18-9-7-14-24(26)25(27)30/h10,12-13,19,21,24,28-29H,2,4-9,11,14-18,26H2,1,3H3,(H2,27,30)/t21?,24-/m0/s1. The number of hydrogen-bond acceptors (Lipinski definition) is 4. The maximum Gasteiger partial charge on any atom is 0.234 e. The molecule has 5 heteroatoms. The van der Waals surface area contributed by atoms with Crippen molar-refractivity contribution in [2.75, 3.05) is 13.1 Å². The second-order valence-corrected chi connectivity index (χ2v) is 8.41. The maximum atomic E-state index is 10.9. The van der Waals surface area contributed by atoms with Crippen molar-refractivity contribution in [2.45, 2.75) is 90.1 Å². The Hall–Kier alpha value is -1.85. The molecule has 1 aromatic carbocycles. The Bertz CT molecular complexity index is 617. The third kappa shape index (κ3) is 12.7. The van der Waals surface area contributed by atoms with Gasteiger partial charge in [-0.25, -0.2) is 0 Å². The van der Waals surface area contributed by atoms with Crippen molar-refractivity contribution in [3.63, 3.8) is 0 Å². The zero-order valence-electron chi connectivity index (χ0n) is 19.2. The van der Waals surface area contributed by atoms with Gasteiger partial charge in [-0.2, -0.15) is 0 Å². The molecule has 0 fully saturated rings. The number of nitrogens with two attached hydrogens (primary N) is 2. The van der Waals surface area contributed by atoms with Gasteiger partial charge in [0.25, 0.3) is 0 Å². The van der Waals surface area contributed by atoms with Crippen molar-refractivity contribution in [1.82, 2.24) is 10.6 Å². The lowest BCUT2D eigenvalue weighted by atomic mass is 10.0. The Morgan fingerprint density at radius 3 is 2.53 bits per heavy atom. The van der Waals surface area contributed by atoms with Crippen LogP contribution in [0.15, 0.2) is 36.5 Å². The average Bonchev–Trinajstić information content (AvgIpc) is 2.74. The van der Waals surface area contributed by atoms with Gasteiger partial charge in [-0.3, -0.25) is 4.79 Å². The molecule has 0 aliphatic carbocycles. The van der Waals surface area contributed by atoms with Crippen LogP contribution in [0.2, 0.25) is 0 Å². The number of benzene rings is 1. The molecular formula is C25H44N4O. The largest absolute Gasteiger partial charge is 0.389 e. The van der Waals surface area contributed by atoms with E-state index in [2.05, 4.69) is 55.3 Å². The van der Waals surface area contributed by atoms with E-state index in [4.69, 9.17) is 11.5 Å². The summed E-state index contributed by atoms with van der Waals surface area (Å²) in [5, 5.41) is 7.02. The summed E-state index contributed by atoms with van der Waals surface area (Å²) in [6, 6.07) is 8.99. The van der Waals surface area contributed by atoms with Gasteiger partial charge < -0.3 is 22.1 Å². The second-order valence-electron chi connectivity index (χ2n) is 8.41. The van der Waals surface area contributed by atoms with E-state index in [1.165, 1.54) is 30.4 Å². The summed E-state index contributed by atoms with van der Waals surface area (Å²) in [6.07, 6.45) is 10.6. The van der Waals surface area contributed by atoms with E-state index in [0.717, 1.165) is 57.3 Å². The number of rotatable bonds is 18. The van der Waals surface area contributed by atoms with E-state index in [1.54, 1.807) is 0 Å². The number of primary amides is 1. The van der Waals surface area contributed by atoms with E-state index >= 15 is 0 Å². The molecule has 30 heavy (non-hydrogen) atoms. The van der Waals surface area contributed by atoms with Crippen molar-refractivity contribution < 1.29 is 4.79 Å². The van der Waals surface area contributed by atoms with Crippen LogP contribution in [0.5, 0.6) is 0 Å². The Kier molecular flexibility index (Phi) is 13.9. The van der Waals surface area contributed by atoms with Crippen LogP contribution >= 0.6 is 0 Å². The molecule has 6 N–H and O–H groups in total. The number of amides is 1. The van der Waals surface area contributed by atoms with Crippen molar-refractivity contribution in [2.24, 2.45) is 11.5 Å². The number of nitrogens with one attached hydrogen (secondary N) is 2. The third-order valence-electron chi connectivity index (χ3n) is 5.60. The molecular weight excluding hydrogens is 372 g/mol. The predicted octanol–water partition coefficient (Wildman–Crippen LogP) is 3.81. The molecule has 0 radical (unpaired) electrons. The number of unbranched alkanes of at least 4 members (excludes halogenated alkanes) is 3. The maximum absolute atomic E-state index is 10.9. The topological polar surface area (TPSA) is 93.2 Å². The summed E-state index contributed by atoms with van der Waals surface area (Å²) in [4.78, 5) is 10.9. The van der Waals surface area contributed by atoms with Gasteiger partial charge in [0.2, 0.25) is 5.91 Å². The van der Waals surface area contributed by atoms with Crippen molar-refractivity contribution in [3.8, 4) is 0 Å². The van der Waals surface area contributed by atoms with Crippen LogP contribution in [0, 0.1) is 0 Å². The summed E-state index contributed by atoms with van der Waals surface area (Å²) in [5.74, 6) is -0.419. The second kappa shape index (κ2) is 15.9. The molecule has 0 bridgehead atoms. The molecule has 1 amide bonds. The number of carbonyl (C=O) groups excluding carboxylic acids is 1. The molecule has 1 aromatic rings. The molecule has 170 valence electrons. The number of hydrogen-bond donors (Lipinski definition) is 4. The molecule has 0 aliphatic rings. The first-order chi connectivity index (χ1) is 14.4. The zero-order chi connectivity index (χ0) is 22.2. The highest BCUT2D eigenvalue weighted by molar-refractivity contribution is 5.79. The Balaban J connectivity index is 1.96. The minimum Gasteiger partial charge on any atom is -0.389 e. The highest BCUT2D eigenvalue weighted by Crippen LogP contribution is 2.10. The van der Waals surface area contributed by atoms with Gasteiger partial charge in [0.1, 0.15) is 0 Å².